The van der Waals surface area contributed by atoms with E-state index < -0.39 is 0 Å². The number of methoxy groups -OCH3 is 1. The SMILES string of the molecule is CCc1[nH]c(C(=O)NC2CCN(c3nc(C)c(C(=O)NCCN)s3)CC2OC)nc1Cl. The van der Waals surface area contributed by atoms with Crippen molar-refractivity contribution in [1.29, 1.82) is 0 Å². The Hall–Kier alpha value is -2.21. The number of nitrogens with two attached hydrogens (primary N) is 1. The lowest BCUT2D eigenvalue weighted by Gasteiger charge is -2.37. The third-order valence-corrected chi connectivity index (χ3v) is 6.70. The van der Waals surface area contributed by atoms with Crippen LogP contribution in [-0.2, 0) is 11.2 Å². The number of imidazole rings is 1. The quantitative estimate of drug-likeness (QED) is 0.454. The third-order valence-electron chi connectivity index (χ3n) is 5.17. The van der Waals surface area contributed by atoms with Crippen molar-refractivity contribution in [1.82, 2.24) is 25.6 Å². The smallest absolute Gasteiger partial charge is 0.287 e. The number of amides is 2. The first-order valence-corrected chi connectivity index (χ1v) is 11.4. The van der Waals surface area contributed by atoms with Crippen molar-refractivity contribution in [3.8, 4) is 0 Å². The maximum absolute atomic E-state index is 12.6. The van der Waals surface area contributed by atoms with Crippen molar-refractivity contribution in [3.63, 3.8) is 0 Å². The molecule has 1 aliphatic rings. The van der Waals surface area contributed by atoms with Gasteiger partial charge >= 0.3 is 0 Å². The highest BCUT2D eigenvalue weighted by molar-refractivity contribution is 7.17. The maximum atomic E-state index is 12.6. The number of nitrogens with zero attached hydrogens (tertiary/aromatic N) is 3. The number of nitrogens with one attached hydrogen (secondary N) is 3. The van der Waals surface area contributed by atoms with E-state index in [1.54, 1.807) is 7.11 Å². The minimum absolute atomic E-state index is 0.166. The zero-order chi connectivity index (χ0) is 22.5. The normalized spacial score (nSPS) is 18.8. The first-order chi connectivity index (χ1) is 14.9. The molecule has 0 bridgehead atoms. The Balaban J connectivity index is 1.65. The van der Waals surface area contributed by atoms with Gasteiger partial charge < -0.3 is 31.0 Å². The van der Waals surface area contributed by atoms with Gasteiger partial charge in [-0.15, -0.1) is 0 Å². The molecule has 170 valence electrons. The summed E-state index contributed by atoms with van der Waals surface area (Å²) in [5.41, 5.74) is 6.87. The van der Waals surface area contributed by atoms with Gasteiger partial charge in [0, 0.05) is 33.3 Å². The number of hydrogen-bond donors (Lipinski definition) is 4. The highest BCUT2D eigenvalue weighted by Crippen LogP contribution is 2.29. The van der Waals surface area contributed by atoms with E-state index in [2.05, 4.69) is 30.5 Å². The Morgan fingerprint density at radius 3 is 2.81 bits per heavy atom. The summed E-state index contributed by atoms with van der Waals surface area (Å²) in [5.74, 6) is -0.283. The molecule has 2 aromatic heterocycles. The van der Waals surface area contributed by atoms with Gasteiger partial charge in [0.25, 0.3) is 11.8 Å². The number of carbonyl (C=O) groups excluding carboxylic acids is 2. The van der Waals surface area contributed by atoms with Gasteiger partial charge in [0.2, 0.25) is 0 Å². The third kappa shape index (κ3) is 5.35. The number of hydrogen-bond acceptors (Lipinski definition) is 8. The molecule has 1 aliphatic heterocycles. The molecular weight excluding hydrogens is 442 g/mol. The number of H-pyrrole nitrogens is 1. The maximum Gasteiger partial charge on any atom is 0.287 e. The van der Waals surface area contributed by atoms with Crippen LogP contribution in [0.25, 0.3) is 0 Å². The van der Waals surface area contributed by atoms with Crippen molar-refractivity contribution in [3.05, 3.63) is 27.2 Å². The summed E-state index contributed by atoms with van der Waals surface area (Å²) in [7, 11) is 1.62. The molecule has 1 saturated heterocycles. The zero-order valence-corrected chi connectivity index (χ0v) is 19.4. The van der Waals surface area contributed by atoms with Crippen molar-refractivity contribution < 1.29 is 14.3 Å². The predicted octanol–water partition coefficient (Wildman–Crippen LogP) is 1.10. The van der Waals surface area contributed by atoms with Crippen LogP contribution in [0.15, 0.2) is 0 Å². The van der Waals surface area contributed by atoms with Gasteiger partial charge in [-0.25, -0.2) is 9.97 Å². The molecular formula is C19H28ClN7O3S. The van der Waals surface area contributed by atoms with Gasteiger partial charge in [-0.05, 0) is 19.8 Å². The fraction of sp³-hybridized carbons (Fsp3) is 0.579. The lowest BCUT2D eigenvalue weighted by Crippen LogP contribution is -2.55. The molecule has 2 aromatic rings. The second kappa shape index (κ2) is 10.4. The van der Waals surface area contributed by atoms with Crippen LogP contribution in [0.2, 0.25) is 5.15 Å². The summed E-state index contributed by atoms with van der Waals surface area (Å²) in [4.78, 5) is 39.2. The second-order valence-electron chi connectivity index (χ2n) is 7.25. The number of aromatic amines is 1. The Morgan fingerprint density at radius 1 is 1.39 bits per heavy atom. The van der Waals surface area contributed by atoms with Crippen LogP contribution >= 0.6 is 22.9 Å². The van der Waals surface area contributed by atoms with E-state index in [0.717, 1.165) is 10.8 Å². The topological polar surface area (TPSA) is 138 Å². The molecule has 12 heteroatoms. The fourth-order valence-electron chi connectivity index (χ4n) is 3.45. The lowest BCUT2D eigenvalue weighted by molar-refractivity contribution is 0.0538. The average molecular weight is 470 g/mol. The zero-order valence-electron chi connectivity index (χ0n) is 17.8. The van der Waals surface area contributed by atoms with E-state index in [0.29, 0.717) is 54.7 Å². The molecule has 3 heterocycles. The van der Waals surface area contributed by atoms with Gasteiger partial charge in [-0.3, -0.25) is 9.59 Å². The highest BCUT2D eigenvalue weighted by Gasteiger charge is 2.33. The Kier molecular flexibility index (Phi) is 7.87. The van der Waals surface area contributed by atoms with E-state index in [1.807, 2.05) is 13.8 Å². The van der Waals surface area contributed by atoms with Gasteiger partial charge in [-0.2, -0.15) is 0 Å². The van der Waals surface area contributed by atoms with Crippen molar-refractivity contribution in [2.24, 2.45) is 5.73 Å². The highest BCUT2D eigenvalue weighted by atomic mass is 35.5. The van der Waals surface area contributed by atoms with Crippen molar-refractivity contribution in [2.75, 3.05) is 38.2 Å². The van der Waals surface area contributed by atoms with Gasteiger partial charge in [0.05, 0.1) is 23.5 Å². The van der Waals surface area contributed by atoms with Crippen molar-refractivity contribution in [2.45, 2.75) is 38.8 Å². The molecule has 2 atom stereocenters. The molecule has 0 saturated carbocycles. The second-order valence-corrected chi connectivity index (χ2v) is 8.59. The molecule has 2 unspecified atom stereocenters. The van der Waals surface area contributed by atoms with Crippen LogP contribution in [0.5, 0.6) is 0 Å². The summed E-state index contributed by atoms with van der Waals surface area (Å²) in [6, 6.07) is -0.184. The number of piperidine rings is 1. The van der Waals surface area contributed by atoms with Crippen LogP contribution in [0.3, 0.4) is 0 Å². The predicted molar refractivity (Wildman–Crippen MR) is 120 cm³/mol. The Morgan fingerprint density at radius 2 is 2.16 bits per heavy atom. The van der Waals surface area contributed by atoms with Gasteiger partial charge in [0.1, 0.15) is 4.88 Å². The summed E-state index contributed by atoms with van der Waals surface area (Å²) in [6.07, 6.45) is 1.08. The minimum Gasteiger partial charge on any atom is -0.377 e. The number of halogens is 1. The molecule has 0 aromatic carbocycles. The molecule has 2 amide bonds. The molecule has 1 fully saturated rings. The fourth-order valence-corrected chi connectivity index (χ4v) is 4.74. The van der Waals surface area contributed by atoms with Gasteiger partial charge in [-0.1, -0.05) is 29.9 Å². The number of rotatable bonds is 8. The Bertz CT molecular complexity index is 932. The number of aromatic nitrogens is 3. The van der Waals surface area contributed by atoms with Crippen LogP contribution in [0, 0.1) is 6.92 Å². The van der Waals surface area contributed by atoms with Crippen molar-refractivity contribution >= 4 is 39.9 Å². The molecule has 31 heavy (non-hydrogen) atoms. The number of aryl methyl sites for hydroxylation is 2. The number of ether oxygens (including phenoxy) is 1. The molecule has 0 spiro atoms. The first-order valence-electron chi connectivity index (χ1n) is 10.2. The summed E-state index contributed by atoms with van der Waals surface area (Å²) in [6.45, 7) is 5.76. The molecule has 10 nitrogen and oxygen atoms in total. The van der Waals surface area contributed by atoms with Gasteiger partial charge in [0.15, 0.2) is 16.1 Å². The monoisotopic (exact) mass is 469 g/mol. The van der Waals surface area contributed by atoms with Crippen LogP contribution < -0.4 is 21.3 Å². The number of carbonyl (C=O) groups is 2. The largest absolute Gasteiger partial charge is 0.377 e. The van der Waals surface area contributed by atoms with Crippen LogP contribution in [-0.4, -0.2) is 72.2 Å². The molecule has 3 rings (SSSR count). The van der Waals surface area contributed by atoms with E-state index in [4.69, 9.17) is 22.1 Å². The number of thiazole rings is 1. The van der Waals surface area contributed by atoms with E-state index in [-0.39, 0.29) is 29.8 Å². The average Bonchev–Trinajstić information content (AvgIpc) is 3.34. The molecule has 0 radical (unpaired) electrons. The van der Waals surface area contributed by atoms with Crippen LogP contribution in [0.4, 0.5) is 5.13 Å². The summed E-state index contributed by atoms with van der Waals surface area (Å²) < 4.78 is 5.65. The first kappa shape index (κ1) is 23.5. The Labute approximate surface area is 189 Å². The van der Waals surface area contributed by atoms with E-state index >= 15 is 0 Å². The summed E-state index contributed by atoms with van der Waals surface area (Å²) >= 11 is 7.39. The van der Waals surface area contributed by atoms with E-state index in [1.165, 1.54) is 11.3 Å². The standard InChI is InChI=1S/C19H28ClN7O3S/c1-4-11-15(20)26-16(24-11)18(29)25-12-5-8-27(9-13(12)30-3)19-23-10(2)14(31-19)17(28)22-7-6-21/h12-13H,4-9,21H2,1-3H3,(H,22,28)(H,24,26)(H,25,29). The number of anilines is 1. The van der Waals surface area contributed by atoms with Crippen LogP contribution in [0.1, 0.15) is 45.0 Å². The minimum atomic E-state index is -0.314. The van der Waals surface area contributed by atoms with E-state index in [9.17, 15) is 9.59 Å². The summed E-state index contributed by atoms with van der Waals surface area (Å²) in [5, 5.41) is 6.85. The lowest BCUT2D eigenvalue weighted by atomic mass is 10.0. The molecule has 5 N–H and O–H groups in total. The molecule has 0 aliphatic carbocycles.